The number of hydrogen-bond acceptors (Lipinski definition) is 8. The number of aromatic nitrogens is 2. The molecule has 1 aliphatic heterocycles. The van der Waals surface area contributed by atoms with Crippen molar-refractivity contribution in [2.45, 2.75) is 32.8 Å². The summed E-state index contributed by atoms with van der Waals surface area (Å²) in [6.45, 7) is 7.26. The molecule has 0 bridgehead atoms. The Morgan fingerprint density at radius 2 is 1.75 bits per heavy atom. The number of hydrogen-bond donors (Lipinski definition) is 1. The van der Waals surface area contributed by atoms with Crippen molar-refractivity contribution >= 4 is 23.9 Å². The van der Waals surface area contributed by atoms with Crippen LogP contribution >= 0.6 is 0 Å². The monoisotopic (exact) mass is 393 g/mol. The molecule has 1 aliphatic rings. The van der Waals surface area contributed by atoms with Gasteiger partial charge in [0.2, 0.25) is 5.95 Å². The maximum Gasteiger partial charge on any atom is 0.407 e. The van der Waals surface area contributed by atoms with E-state index in [1.54, 1.807) is 44.1 Å². The average molecular weight is 393 g/mol. The molecule has 0 saturated carbocycles. The first-order valence-electron chi connectivity index (χ1n) is 9.17. The van der Waals surface area contributed by atoms with Crippen LogP contribution in [0.15, 0.2) is 18.5 Å². The lowest BCUT2D eigenvalue weighted by molar-refractivity contribution is -0.152. The number of nitrogens with zero attached hydrogens (tertiary/aromatic N) is 4. The smallest absolute Gasteiger partial charge is 0.407 e. The fourth-order valence-corrected chi connectivity index (χ4v) is 2.50. The molecule has 1 fully saturated rings. The molecule has 10 nitrogen and oxygen atoms in total. The highest BCUT2D eigenvalue weighted by atomic mass is 16.6. The third-order valence-corrected chi connectivity index (χ3v) is 3.82. The Bertz CT molecular complexity index is 669. The van der Waals surface area contributed by atoms with E-state index in [1.165, 1.54) is 0 Å². The van der Waals surface area contributed by atoms with Crippen LogP contribution in [-0.2, 0) is 19.1 Å². The summed E-state index contributed by atoms with van der Waals surface area (Å²) in [5, 5.41) is 2.47. The minimum atomic E-state index is -0.604. The molecule has 0 radical (unpaired) electrons. The standard InChI is InChI=1S/C18H27N5O5/c1-18(2,3)28-17(26)21-8-5-15(25)27-13-14(24)22-9-11-23(12-10-22)16-19-6-4-7-20-16/h4,6-7H,5,8-13H2,1-3H3,(H,21,26). The van der Waals surface area contributed by atoms with Gasteiger partial charge in [-0.3, -0.25) is 9.59 Å². The van der Waals surface area contributed by atoms with Gasteiger partial charge in [-0.15, -0.1) is 0 Å². The zero-order valence-corrected chi connectivity index (χ0v) is 16.5. The number of anilines is 1. The number of nitrogens with one attached hydrogen (secondary N) is 1. The summed E-state index contributed by atoms with van der Waals surface area (Å²) in [4.78, 5) is 47.4. The number of alkyl carbamates (subject to hydrolysis) is 1. The molecule has 2 amide bonds. The van der Waals surface area contributed by atoms with Gasteiger partial charge >= 0.3 is 12.1 Å². The van der Waals surface area contributed by atoms with E-state index in [-0.39, 0.29) is 25.5 Å². The largest absolute Gasteiger partial charge is 0.456 e. The Labute approximate surface area is 164 Å². The summed E-state index contributed by atoms with van der Waals surface area (Å²) in [5.41, 5.74) is -0.604. The van der Waals surface area contributed by atoms with Gasteiger partial charge in [-0.2, -0.15) is 0 Å². The molecule has 0 aromatic carbocycles. The predicted octanol–water partition coefficient (Wildman–Crippen LogP) is 0.583. The molecule has 2 heterocycles. The van der Waals surface area contributed by atoms with Crippen molar-refractivity contribution in [3.8, 4) is 0 Å². The molecule has 0 unspecified atom stereocenters. The van der Waals surface area contributed by atoms with Crippen LogP contribution in [0.4, 0.5) is 10.7 Å². The summed E-state index contributed by atoms with van der Waals surface area (Å²) in [6.07, 6.45) is 2.72. The lowest BCUT2D eigenvalue weighted by Gasteiger charge is -2.34. The molecule has 1 aromatic rings. The molecular formula is C18H27N5O5. The Morgan fingerprint density at radius 3 is 2.36 bits per heavy atom. The molecular weight excluding hydrogens is 366 g/mol. The van der Waals surface area contributed by atoms with Gasteiger partial charge < -0.3 is 24.6 Å². The summed E-state index contributed by atoms with van der Waals surface area (Å²) >= 11 is 0. The molecule has 1 saturated heterocycles. The van der Waals surface area contributed by atoms with Crippen molar-refractivity contribution in [3.63, 3.8) is 0 Å². The Balaban J connectivity index is 1.62. The first-order chi connectivity index (χ1) is 13.2. The SMILES string of the molecule is CC(C)(C)OC(=O)NCCC(=O)OCC(=O)N1CCN(c2ncccn2)CC1. The van der Waals surface area contributed by atoms with Gasteiger partial charge in [-0.25, -0.2) is 14.8 Å². The van der Waals surface area contributed by atoms with E-state index < -0.39 is 17.7 Å². The van der Waals surface area contributed by atoms with Crippen LogP contribution in [0.3, 0.4) is 0 Å². The lowest BCUT2D eigenvalue weighted by Crippen LogP contribution is -2.50. The number of amides is 2. The normalized spacial score (nSPS) is 14.4. The highest BCUT2D eigenvalue weighted by Crippen LogP contribution is 2.10. The van der Waals surface area contributed by atoms with Crippen LogP contribution in [-0.4, -0.2) is 77.8 Å². The van der Waals surface area contributed by atoms with Crippen LogP contribution in [0.2, 0.25) is 0 Å². The van der Waals surface area contributed by atoms with Gasteiger partial charge in [0.05, 0.1) is 6.42 Å². The second-order valence-corrected chi connectivity index (χ2v) is 7.26. The number of piperazine rings is 1. The maximum atomic E-state index is 12.2. The minimum absolute atomic E-state index is 0.0361. The molecule has 1 aromatic heterocycles. The van der Waals surface area contributed by atoms with Crippen LogP contribution in [0, 0.1) is 0 Å². The summed E-state index contributed by atoms with van der Waals surface area (Å²) in [7, 11) is 0. The van der Waals surface area contributed by atoms with E-state index >= 15 is 0 Å². The number of rotatable bonds is 6. The molecule has 1 N–H and O–H groups in total. The lowest BCUT2D eigenvalue weighted by atomic mass is 10.2. The molecule has 0 spiro atoms. The number of carbonyl (C=O) groups excluding carboxylic acids is 3. The third-order valence-electron chi connectivity index (χ3n) is 3.82. The van der Waals surface area contributed by atoms with E-state index in [2.05, 4.69) is 15.3 Å². The first kappa shape index (κ1) is 21.4. The number of esters is 1. The molecule has 28 heavy (non-hydrogen) atoms. The topological polar surface area (TPSA) is 114 Å². The number of carbonyl (C=O) groups is 3. The van der Waals surface area contributed by atoms with E-state index in [4.69, 9.17) is 9.47 Å². The van der Waals surface area contributed by atoms with Crippen LogP contribution in [0.5, 0.6) is 0 Å². The van der Waals surface area contributed by atoms with Crippen LogP contribution < -0.4 is 10.2 Å². The fraction of sp³-hybridized carbons (Fsp3) is 0.611. The zero-order valence-electron chi connectivity index (χ0n) is 16.5. The van der Waals surface area contributed by atoms with Crippen LogP contribution in [0.25, 0.3) is 0 Å². The van der Waals surface area contributed by atoms with Crippen molar-refractivity contribution in [2.75, 3.05) is 44.2 Å². The average Bonchev–Trinajstić information content (AvgIpc) is 2.65. The van der Waals surface area contributed by atoms with Gasteiger partial charge in [-0.05, 0) is 26.8 Å². The first-order valence-corrected chi connectivity index (χ1v) is 9.17. The second-order valence-electron chi connectivity index (χ2n) is 7.26. The Kier molecular flexibility index (Phi) is 7.53. The molecule has 154 valence electrons. The quantitative estimate of drug-likeness (QED) is 0.698. The predicted molar refractivity (Wildman–Crippen MR) is 101 cm³/mol. The summed E-state index contributed by atoms with van der Waals surface area (Å²) in [5.74, 6) is -0.165. The van der Waals surface area contributed by atoms with Crippen molar-refractivity contribution in [2.24, 2.45) is 0 Å². The third kappa shape index (κ3) is 7.37. The van der Waals surface area contributed by atoms with E-state index in [0.29, 0.717) is 32.1 Å². The highest BCUT2D eigenvalue weighted by Gasteiger charge is 2.23. The van der Waals surface area contributed by atoms with Gasteiger partial charge in [0.25, 0.3) is 5.91 Å². The van der Waals surface area contributed by atoms with E-state index in [9.17, 15) is 14.4 Å². The van der Waals surface area contributed by atoms with Gasteiger partial charge in [0.15, 0.2) is 6.61 Å². The Hall–Kier alpha value is -2.91. The van der Waals surface area contributed by atoms with Crippen molar-refractivity contribution < 1.29 is 23.9 Å². The van der Waals surface area contributed by atoms with E-state index in [0.717, 1.165) is 0 Å². The molecule has 10 heteroatoms. The fourth-order valence-electron chi connectivity index (χ4n) is 2.50. The van der Waals surface area contributed by atoms with Gasteiger partial charge in [-0.1, -0.05) is 0 Å². The molecule has 2 rings (SSSR count). The Morgan fingerprint density at radius 1 is 1.11 bits per heavy atom. The zero-order chi connectivity index (χ0) is 20.6. The molecule has 0 atom stereocenters. The summed E-state index contributed by atoms with van der Waals surface area (Å²) in [6, 6.07) is 1.75. The maximum absolute atomic E-state index is 12.2. The van der Waals surface area contributed by atoms with Crippen molar-refractivity contribution in [3.05, 3.63) is 18.5 Å². The van der Waals surface area contributed by atoms with Crippen LogP contribution in [0.1, 0.15) is 27.2 Å². The van der Waals surface area contributed by atoms with Gasteiger partial charge in [0, 0.05) is 45.1 Å². The van der Waals surface area contributed by atoms with Gasteiger partial charge in [0.1, 0.15) is 5.60 Å². The highest BCUT2D eigenvalue weighted by molar-refractivity contribution is 5.81. The molecule has 0 aliphatic carbocycles. The van der Waals surface area contributed by atoms with E-state index in [1.807, 2.05) is 4.90 Å². The van der Waals surface area contributed by atoms with Crippen molar-refractivity contribution in [1.82, 2.24) is 20.2 Å². The summed E-state index contributed by atoms with van der Waals surface area (Å²) < 4.78 is 10.1. The minimum Gasteiger partial charge on any atom is -0.456 e. The number of ether oxygens (including phenoxy) is 2. The van der Waals surface area contributed by atoms with Crippen molar-refractivity contribution in [1.29, 1.82) is 0 Å². The second kappa shape index (κ2) is 9.86.